The van der Waals surface area contributed by atoms with Gasteiger partial charge in [0, 0.05) is 15.7 Å². The molecule has 3 aromatic carbocycles. The molecular formula is C20H12F6IS+. The van der Waals surface area contributed by atoms with E-state index >= 15 is 0 Å². The van der Waals surface area contributed by atoms with Crippen LogP contribution < -0.4 is 0 Å². The molecular weight excluding hydrogens is 513 g/mol. The first kappa shape index (κ1) is 21.0. The minimum atomic E-state index is -4.54. The van der Waals surface area contributed by atoms with Crippen LogP contribution in [-0.2, 0) is 23.2 Å². The second-order valence-corrected chi connectivity index (χ2v) is 9.08. The first-order chi connectivity index (χ1) is 13.1. The molecule has 0 fully saturated rings. The van der Waals surface area contributed by atoms with Gasteiger partial charge in [0.15, 0.2) is 14.7 Å². The van der Waals surface area contributed by atoms with Gasteiger partial charge in [-0.05, 0) is 71.1 Å². The molecule has 0 aliphatic heterocycles. The van der Waals surface area contributed by atoms with Crippen molar-refractivity contribution in [1.82, 2.24) is 0 Å². The van der Waals surface area contributed by atoms with E-state index in [2.05, 4.69) is 22.6 Å². The van der Waals surface area contributed by atoms with Crippen molar-refractivity contribution in [3.63, 3.8) is 0 Å². The van der Waals surface area contributed by atoms with E-state index in [1.807, 2.05) is 0 Å². The molecule has 0 bridgehead atoms. The van der Waals surface area contributed by atoms with Crippen LogP contribution in [0.15, 0.2) is 87.5 Å². The van der Waals surface area contributed by atoms with Crippen LogP contribution in [0.3, 0.4) is 0 Å². The van der Waals surface area contributed by atoms with Crippen LogP contribution in [-0.4, -0.2) is 0 Å². The lowest BCUT2D eigenvalue weighted by atomic mass is 10.2. The molecule has 0 saturated carbocycles. The highest BCUT2D eigenvalue weighted by molar-refractivity contribution is 14.1. The number of alkyl halides is 6. The highest BCUT2D eigenvalue weighted by Crippen LogP contribution is 2.38. The zero-order valence-electron chi connectivity index (χ0n) is 14.0. The van der Waals surface area contributed by atoms with E-state index in [1.54, 1.807) is 24.3 Å². The fourth-order valence-electron chi connectivity index (χ4n) is 2.58. The standard InChI is InChI=1S/C20H12F6IS/c21-19(22,23)13-3-1-5-17(11-13)28(16-9-7-15(27)8-10-16)18-6-2-4-14(12-18)20(24,25)26/h1-12H/q+1. The summed E-state index contributed by atoms with van der Waals surface area (Å²) in [5.74, 6) is 0. The van der Waals surface area contributed by atoms with Gasteiger partial charge in [-0.1, -0.05) is 12.1 Å². The van der Waals surface area contributed by atoms with Gasteiger partial charge < -0.3 is 0 Å². The van der Waals surface area contributed by atoms with Crippen LogP contribution in [0.2, 0.25) is 0 Å². The zero-order chi connectivity index (χ0) is 20.5. The molecule has 8 heteroatoms. The lowest BCUT2D eigenvalue weighted by molar-refractivity contribution is -0.138. The van der Waals surface area contributed by atoms with Gasteiger partial charge in [0.2, 0.25) is 0 Å². The topological polar surface area (TPSA) is 0 Å². The van der Waals surface area contributed by atoms with E-state index in [-0.39, 0.29) is 0 Å². The van der Waals surface area contributed by atoms with Crippen molar-refractivity contribution >= 4 is 33.5 Å². The van der Waals surface area contributed by atoms with Crippen LogP contribution in [0.5, 0.6) is 0 Å². The lowest BCUT2D eigenvalue weighted by Crippen LogP contribution is -2.11. The molecule has 146 valence electrons. The van der Waals surface area contributed by atoms with E-state index in [9.17, 15) is 26.3 Å². The second kappa shape index (κ2) is 7.98. The Kier molecular flexibility index (Phi) is 6.00. The van der Waals surface area contributed by atoms with E-state index in [0.717, 1.165) is 27.8 Å². The molecule has 0 radical (unpaired) electrons. The van der Waals surface area contributed by atoms with E-state index in [0.29, 0.717) is 14.7 Å². The van der Waals surface area contributed by atoms with Crippen molar-refractivity contribution in [3.05, 3.63) is 87.5 Å². The third kappa shape index (κ3) is 4.83. The van der Waals surface area contributed by atoms with Gasteiger partial charge in [0.1, 0.15) is 0 Å². The highest BCUT2D eigenvalue weighted by Gasteiger charge is 2.37. The average molecular weight is 525 g/mol. The maximum atomic E-state index is 13.2. The fourth-order valence-corrected chi connectivity index (χ4v) is 5.08. The Labute approximate surface area is 174 Å². The number of hydrogen-bond donors (Lipinski definition) is 0. The van der Waals surface area contributed by atoms with Gasteiger partial charge >= 0.3 is 12.4 Å². The van der Waals surface area contributed by atoms with Crippen molar-refractivity contribution in [2.75, 3.05) is 0 Å². The fraction of sp³-hybridized carbons (Fsp3) is 0.100. The summed E-state index contributed by atoms with van der Waals surface area (Å²) < 4.78 is 79.9. The Balaban J connectivity index is 2.19. The number of rotatable bonds is 3. The molecule has 0 saturated heterocycles. The highest BCUT2D eigenvalue weighted by atomic mass is 127. The molecule has 0 nitrogen and oxygen atoms in total. The predicted molar refractivity (Wildman–Crippen MR) is 104 cm³/mol. The monoisotopic (exact) mass is 525 g/mol. The summed E-state index contributed by atoms with van der Waals surface area (Å²) in [5.41, 5.74) is -1.67. The van der Waals surface area contributed by atoms with Crippen LogP contribution in [0.1, 0.15) is 11.1 Å². The van der Waals surface area contributed by atoms with Crippen LogP contribution in [0.25, 0.3) is 0 Å². The van der Waals surface area contributed by atoms with Gasteiger partial charge in [-0.25, -0.2) is 0 Å². The molecule has 0 heterocycles. The van der Waals surface area contributed by atoms with Crippen LogP contribution in [0, 0.1) is 3.57 Å². The second-order valence-electron chi connectivity index (χ2n) is 5.81. The summed E-state index contributed by atoms with van der Waals surface area (Å²) in [5, 5.41) is 0. The van der Waals surface area contributed by atoms with E-state index in [1.165, 1.54) is 24.3 Å². The maximum absolute atomic E-state index is 13.2. The summed E-state index contributed by atoms with van der Waals surface area (Å²) in [6, 6.07) is 16.5. The van der Waals surface area contributed by atoms with Gasteiger partial charge in [0.25, 0.3) is 0 Å². The summed E-state index contributed by atoms with van der Waals surface area (Å²) in [6.45, 7) is 0. The Morgan fingerprint density at radius 3 is 1.39 bits per heavy atom. The van der Waals surface area contributed by atoms with Crippen molar-refractivity contribution in [2.45, 2.75) is 27.0 Å². The number of benzene rings is 3. The maximum Gasteiger partial charge on any atom is 0.416 e. The molecule has 0 amide bonds. The Bertz CT molecular complexity index is 906. The average Bonchev–Trinajstić information content (AvgIpc) is 2.63. The van der Waals surface area contributed by atoms with Crippen molar-refractivity contribution in [1.29, 1.82) is 0 Å². The molecule has 28 heavy (non-hydrogen) atoms. The summed E-state index contributed by atoms with van der Waals surface area (Å²) in [7, 11) is -1.12. The molecule has 0 N–H and O–H groups in total. The molecule has 0 atom stereocenters. The minimum absolute atomic E-state index is 0.301. The summed E-state index contributed by atoms with van der Waals surface area (Å²) >= 11 is 2.09. The molecule has 0 aromatic heterocycles. The van der Waals surface area contributed by atoms with Gasteiger partial charge in [-0.15, -0.1) is 0 Å². The largest absolute Gasteiger partial charge is 0.416 e. The van der Waals surface area contributed by atoms with E-state index < -0.39 is 34.4 Å². The molecule has 0 aliphatic carbocycles. The van der Waals surface area contributed by atoms with Crippen LogP contribution in [0.4, 0.5) is 26.3 Å². The molecule has 3 rings (SSSR count). The Morgan fingerprint density at radius 2 is 1.00 bits per heavy atom. The Hall–Kier alpha value is -1.68. The van der Waals surface area contributed by atoms with Crippen molar-refractivity contribution < 1.29 is 26.3 Å². The SMILES string of the molecule is FC(F)(F)c1cccc([S+](c2ccc(I)cc2)c2cccc(C(F)(F)F)c2)c1. The first-order valence-electron chi connectivity index (χ1n) is 7.90. The van der Waals surface area contributed by atoms with Crippen LogP contribution >= 0.6 is 22.6 Å². The summed E-state index contributed by atoms with van der Waals surface area (Å²) in [4.78, 5) is 1.24. The molecule has 3 aromatic rings. The lowest BCUT2D eigenvalue weighted by Gasteiger charge is -2.12. The Morgan fingerprint density at radius 1 is 0.571 bits per heavy atom. The quantitative estimate of drug-likeness (QED) is 0.190. The smallest absolute Gasteiger partial charge is 0.166 e. The third-order valence-electron chi connectivity index (χ3n) is 3.84. The van der Waals surface area contributed by atoms with Gasteiger partial charge in [0.05, 0.1) is 22.0 Å². The predicted octanol–water partition coefficient (Wildman–Crippen LogP) is 7.42. The van der Waals surface area contributed by atoms with E-state index in [4.69, 9.17) is 0 Å². The molecule has 0 unspecified atom stereocenters. The number of halogens is 7. The normalized spacial score (nSPS) is 12.4. The molecule has 0 aliphatic rings. The summed E-state index contributed by atoms with van der Waals surface area (Å²) in [6.07, 6.45) is -9.07. The first-order valence-corrected chi connectivity index (χ1v) is 10.2. The van der Waals surface area contributed by atoms with Crippen molar-refractivity contribution in [3.8, 4) is 0 Å². The van der Waals surface area contributed by atoms with Crippen molar-refractivity contribution in [2.24, 2.45) is 0 Å². The van der Waals surface area contributed by atoms with Gasteiger partial charge in [-0.2, -0.15) is 26.3 Å². The molecule has 0 spiro atoms. The number of hydrogen-bond acceptors (Lipinski definition) is 0. The van der Waals surface area contributed by atoms with Gasteiger partial charge in [-0.3, -0.25) is 0 Å². The zero-order valence-corrected chi connectivity index (χ0v) is 17.0. The third-order valence-corrected chi connectivity index (χ3v) is 6.76. The minimum Gasteiger partial charge on any atom is -0.166 e.